The van der Waals surface area contributed by atoms with Crippen molar-refractivity contribution in [1.82, 2.24) is 9.29 Å². The molecule has 2 N–H and O–H groups in total. The average Bonchev–Trinajstić information content (AvgIpc) is 2.55. The number of sulfonamides is 1. The van der Waals surface area contributed by atoms with Crippen molar-refractivity contribution < 1.29 is 13.5 Å². The Balaban J connectivity index is 2.38. The summed E-state index contributed by atoms with van der Waals surface area (Å²) in [6, 6.07) is -0.0428. The van der Waals surface area contributed by atoms with Crippen molar-refractivity contribution in [2.75, 3.05) is 13.2 Å². The molecule has 0 bridgehead atoms. The molecular formula is C10H16N2O4S2. The van der Waals surface area contributed by atoms with Crippen molar-refractivity contribution >= 4 is 21.4 Å². The Bertz CT molecular complexity index is 571. The Morgan fingerprint density at radius 3 is 2.56 bits per heavy atom. The lowest BCUT2D eigenvalue weighted by atomic mass is 9.93. The van der Waals surface area contributed by atoms with Crippen LogP contribution in [0.1, 0.15) is 25.0 Å². The quantitative estimate of drug-likeness (QED) is 0.815. The van der Waals surface area contributed by atoms with Gasteiger partial charge < -0.3 is 10.1 Å². The van der Waals surface area contributed by atoms with Crippen LogP contribution in [0.3, 0.4) is 0 Å². The van der Waals surface area contributed by atoms with Crippen LogP contribution >= 0.6 is 11.3 Å². The van der Waals surface area contributed by atoms with E-state index in [4.69, 9.17) is 5.11 Å². The van der Waals surface area contributed by atoms with Crippen LogP contribution in [0, 0.1) is 6.92 Å². The fourth-order valence-electron chi connectivity index (χ4n) is 2.02. The molecule has 1 saturated carbocycles. The van der Waals surface area contributed by atoms with E-state index in [9.17, 15) is 13.2 Å². The van der Waals surface area contributed by atoms with Gasteiger partial charge in [0.2, 0.25) is 0 Å². The van der Waals surface area contributed by atoms with Gasteiger partial charge in [0.15, 0.2) is 4.21 Å². The Labute approximate surface area is 109 Å². The standard InChI is InChI=1S/C10H16N2O4S2/c1-7-9(17-10(14)11-7)18(15,16)12(5-6-13)8-3-2-4-8/h8,13H,2-6H2,1H3,(H,11,14). The molecule has 2 rings (SSSR count). The number of H-pyrrole nitrogens is 1. The van der Waals surface area contributed by atoms with Crippen LogP contribution in [-0.4, -0.2) is 42.0 Å². The van der Waals surface area contributed by atoms with E-state index in [1.54, 1.807) is 6.92 Å². The monoisotopic (exact) mass is 292 g/mol. The first-order chi connectivity index (χ1) is 8.46. The third-order valence-electron chi connectivity index (χ3n) is 3.13. The molecule has 0 spiro atoms. The van der Waals surface area contributed by atoms with Crippen molar-refractivity contribution in [2.24, 2.45) is 0 Å². The van der Waals surface area contributed by atoms with E-state index >= 15 is 0 Å². The molecule has 1 aliphatic carbocycles. The normalized spacial score (nSPS) is 17.1. The molecule has 6 nitrogen and oxygen atoms in total. The van der Waals surface area contributed by atoms with E-state index in [2.05, 4.69) is 4.98 Å². The molecule has 1 aliphatic rings. The molecule has 0 unspecified atom stereocenters. The van der Waals surface area contributed by atoms with Crippen molar-refractivity contribution in [3.8, 4) is 0 Å². The number of hydrogen-bond donors (Lipinski definition) is 2. The number of aryl methyl sites for hydroxylation is 1. The summed E-state index contributed by atoms with van der Waals surface area (Å²) >= 11 is 0.705. The summed E-state index contributed by atoms with van der Waals surface area (Å²) in [6.45, 7) is 1.44. The van der Waals surface area contributed by atoms with Gasteiger partial charge in [-0.1, -0.05) is 17.8 Å². The Morgan fingerprint density at radius 2 is 2.17 bits per heavy atom. The minimum atomic E-state index is -3.67. The minimum absolute atomic E-state index is 0.0428. The van der Waals surface area contributed by atoms with Crippen LogP contribution in [0.25, 0.3) is 0 Å². The first-order valence-corrected chi connectivity index (χ1v) is 8.05. The highest BCUT2D eigenvalue weighted by molar-refractivity contribution is 7.91. The van der Waals surface area contributed by atoms with Gasteiger partial charge >= 0.3 is 4.87 Å². The molecule has 8 heteroatoms. The number of aliphatic hydroxyl groups excluding tert-OH is 1. The van der Waals surface area contributed by atoms with Crippen LogP contribution in [0.4, 0.5) is 0 Å². The second-order valence-corrected chi connectivity index (χ2v) is 7.42. The second-order valence-electron chi connectivity index (χ2n) is 4.35. The zero-order chi connectivity index (χ0) is 13.3. The maximum absolute atomic E-state index is 12.5. The highest BCUT2D eigenvalue weighted by Gasteiger charge is 2.36. The number of hydrogen-bond acceptors (Lipinski definition) is 5. The maximum atomic E-state index is 12.5. The molecule has 0 saturated heterocycles. The van der Waals surface area contributed by atoms with Crippen LogP contribution in [0.15, 0.2) is 9.00 Å². The molecule has 1 aromatic heterocycles. The van der Waals surface area contributed by atoms with Crippen molar-refractivity contribution in [3.05, 3.63) is 15.4 Å². The second kappa shape index (κ2) is 5.12. The van der Waals surface area contributed by atoms with E-state index in [1.807, 2.05) is 0 Å². The van der Waals surface area contributed by atoms with E-state index in [0.717, 1.165) is 19.3 Å². The predicted octanol–water partition coefficient (Wildman–Crippen LogP) is 0.280. The number of aromatic nitrogens is 1. The summed E-state index contributed by atoms with van der Waals surface area (Å²) in [4.78, 5) is 13.3. The third-order valence-corrected chi connectivity index (χ3v) is 6.66. The van der Waals surface area contributed by atoms with Crippen molar-refractivity contribution in [3.63, 3.8) is 0 Å². The van der Waals surface area contributed by atoms with Crippen molar-refractivity contribution in [2.45, 2.75) is 36.4 Å². The maximum Gasteiger partial charge on any atom is 0.305 e. The Kier molecular flexibility index (Phi) is 3.90. The Hall–Kier alpha value is -0.700. The van der Waals surface area contributed by atoms with Gasteiger partial charge in [-0.2, -0.15) is 4.31 Å². The number of thiazole rings is 1. The van der Waals surface area contributed by atoms with E-state index < -0.39 is 10.0 Å². The molecule has 102 valence electrons. The van der Waals surface area contributed by atoms with E-state index in [-0.39, 0.29) is 28.3 Å². The molecule has 0 radical (unpaired) electrons. The lowest BCUT2D eigenvalue weighted by Gasteiger charge is -2.35. The first-order valence-electron chi connectivity index (χ1n) is 5.79. The summed E-state index contributed by atoms with van der Waals surface area (Å²) < 4.78 is 26.3. The largest absolute Gasteiger partial charge is 0.395 e. The molecule has 1 fully saturated rings. The van der Waals surface area contributed by atoms with E-state index in [1.165, 1.54) is 4.31 Å². The van der Waals surface area contributed by atoms with Crippen molar-refractivity contribution in [1.29, 1.82) is 0 Å². The highest BCUT2D eigenvalue weighted by Crippen LogP contribution is 2.31. The number of aliphatic hydroxyl groups is 1. The molecule has 1 aromatic rings. The number of rotatable bonds is 5. The van der Waals surface area contributed by atoms with E-state index in [0.29, 0.717) is 17.0 Å². The average molecular weight is 292 g/mol. The molecule has 18 heavy (non-hydrogen) atoms. The lowest BCUT2D eigenvalue weighted by Crippen LogP contribution is -2.45. The summed E-state index contributed by atoms with van der Waals surface area (Å²) in [6.07, 6.45) is 2.64. The molecule has 0 amide bonds. The SMILES string of the molecule is Cc1[nH]c(=O)sc1S(=O)(=O)N(CCO)C1CCC1. The molecule has 0 aromatic carbocycles. The van der Waals surface area contributed by atoms with Gasteiger partial charge in [0, 0.05) is 18.3 Å². The first kappa shape index (κ1) is 13.7. The molecular weight excluding hydrogens is 276 g/mol. The topological polar surface area (TPSA) is 90.5 Å². The number of aromatic amines is 1. The molecule has 0 aliphatic heterocycles. The van der Waals surface area contributed by atoms with Gasteiger partial charge in [-0.15, -0.1) is 0 Å². The minimum Gasteiger partial charge on any atom is -0.395 e. The summed E-state index contributed by atoms with van der Waals surface area (Å²) in [7, 11) is -3.67. The zero-order valence-electron chi connectivity index (χ0n) is 10.0. The van der Waals surface area contributed by atoms with Gasteiger partial charge in [-0.05, 0) is 19.8 Å². The van der Waals surface area contributed by atoms with Gasteiger partial charge in [0.1, 0.15) is 0 Å². The highest BCUT2D eigenvalue weighted by atomic mass is 32.2. The molecule has 0 atom stereocenters. The molecule has 1 heterocycles. The number of nitrogens with zero attached hydrogens (tertiary/aromatic N) is 1. The summed E-state index contributed by atoms with van der Waals surface area (Å²) in [5, 5.41) is 9.02. The summed E-state index contributed by atoms with van der Waals surface area (Å²) in [5.41, 5.74) is 0.368. The predicted molar refractivity (Wildman–Crippen MR) is 68.3 cm³/mol. The Morgan fingerprint density at radius 1 is 1.50 bits per heavy atom. The lowest BCUT2D eigenvalue weighted by molar-refractivity contribution is 0.178. The summed E-state index contributed by atoms with van der Waals surface area (Å²) in [5.74, 6) is 0. The third kappa shape index (κ3) is 2.37. The fraction of sp³-hybridized carbons (Fsp3) is 0.700. The zero-order valence-corrected chi connectivity index (χ0v) is 11.7. The van der Waals surface area contributed by atoms with Gasteiger partial charge in [0.05, 0.1) is 6.61 Å². The van der Waals surface area contributed by atoms with Crippen LogP contribution in [-0.2, 0) is 10.0 Å². The van der Waals surface area contributed by atoms with Crippen LogP contribution in [0.2, 0.25) is 0 Å². The number of nitrogens with one attached hydrogen (secondary N) is 1. The van der Waals surface area contributed by atoms with Gasteiger partial charge in [-0.25, -0.2) is 8.42 Å². The van der Waals surface area contributed by atoms with Crippen LogP contribution < -0.4 is 4.87 Å². The smallest absolute Gasteiger partial charge is 0.305 e. The van der Waals surface area contributed by atoms with Gasteiger partial charge in [0.25, 0.3) is 10.0 Å². The van der Waals surface area contributed by atoms with Crippen LogP contribution in [0.5, 0.6) is 0 Å². The fourth-order valence-corrected chi connectivity index (χ4v) is 5.10. The van der Waals surface area contributed by atoms with Gasteiger partial charge in [-0.3, -0.25) is 4.79 Å².